The molecule has 2 rings (SSSR count). The zero-order chi connectivity index (χ0) is 64.5. The van der Waals surface area contributed by atoms with E-state index in [0.717, 1.165) is 5.20 Å². The first-order valence-electron chi connectivity index (χ1n) is 28.7. The molecule has 0 N–H and O–H groups in total. The molecule has 0 aliphatic rings. The molecule has 2 aromatic rings. The molecule has 2 aromatic carbocycles. The molecule has 0 heterocycles. The lowest BCUT2D eigenvalue weighted by molar-refractivity contribution is -0.138. The largest absolute Gasteiger partial charge is 0.462 e. The molecular formula is C62H106N2O12S2Si5. The molecule has 0 fully saturated rings. The van der Waals surface area contributed by atoms with Crippen molar-refractivity contribution in [3.8, 4) is 0 Å². The van der Waals surface area contributed by atoms with E-state index in [0.29, 0.717) is 13.1 Å². The number of benzene rings is 2. The van der Waals surface area contributed by atoms with E-state index in [2.05, 4.69) is 160 Å². The average Bonchev–Trinajstić information content (AvgIpc) is 3.09. The first-order valence-corrected chi connectivity index (χ1v) is 46.4. The van der Waals surface area contributed by atoms with Gasteiger partial charge in [0.25, 0.3) is 0 Å². The van der Waals surface area contributed by atoms with Crippen LogP contribution in [0.5, 0.6) is 0 Å². The van der Waals surface area contributed by atoms with Gasteiger partial charge < -0.3 is 37.0 Å². The number of rotatable bonds is 32. The molecule has 0 amide bonds. The lowest BCUT2D eigenvalue weighted by Crippen LogP contribution is -2.68. The van der Waals surface area contributed by atoms with Crippen LogP contribution in [0.3, 0.4) is 0 Å². The van der Waals surface area contributed by atoms with Crippen molar-refractivity contribution in [2.75, 3.05) is 40.4 Å². The van der Waals surface area contributed by atoms with Gasteiger partial charge in [0.05, 0.1) is 47.5 Å². The van der Waals surface area contributed by atoms with Gasteiger partial charge in [0, 0.05) is 42.5 Å². The summed E-state index contributed by atoms with van der Waals surface area (Å²) >= 11 is 0. The standard InChI is InChI=1S/C62H106N2O12S2Si5/c1-28-71-55(65)53(77(67,68)51-39-32-30-33-40-51)43-36-45-63(16)47-38-48-82(26,62(14,15)75-80(21,22)23)73-58(6,7)60(10,11)83(27,74-57(4,5)59(8,9)81(24,25)76-61(12,13)79(18,19)20)50(3)49-64(17)46-37-44-54(56(66)72-29-2)78(69,70)52-41-34-31-35-42-52/h30-46,48H,3,28-29,47,49H2,1-2,4-27H3/b45-36+,46-37+,48-38+,53-43+,54-44-. The molecule has 83 heavy (non-hydrogen) atoms. The summed E-state index contributed by atoms with van der Waals surface area (Å²) in [5.41, 5.74) is 0.467. The average molecular weight is 1280 g/mol. The molecule has 21 heteroatoms. The Morgan fingerprint density at radius 1 is 0.554 bits per heavy atom. The normalized spacial score (nSPS) is 16.0. The maximum absolute atomic E-state index is 13.8. The van der Waals surface area contributed by atoms with Gasteiger partial charge in [-0.1, -0.05) is 102 Å². The van der Waals surface area contributed by atoms with Gasteiger partial charge in [-0.3, -0.25) is 0 Å². The van der Waals surface area contributed by atoms with Crippen LogP contribution in [0.15, 0.2) is 141 Å². The number of esters is 2. The van der Waals surface area contributed by atoms with E-state index in [4.69, 9.17) is 33.8 Å². The number of hydrogen-bond donors (Lipinski definition) is 0. The van der Waals surface area contributed by atoms with Crippen LogP contribution in [0, 0.1) is 0 Å². The van der Waals surface area contributed by atoms with Gasteiger partial charge >= 0.3 is 11.9 Å². The number of likely N-dealkylation sites (N-methyl/N-ethyl adjacent to an activating group) is 2. The van der Waals surface area contributed by atoms with E-state index < -0.39 is 109 Å². The summed E-state index contributed by atoms with van der Waals surface area (Å²) < 4.78 is 95.7. The van der Waals surface area contributed by atoms with Crippen molar-refractivity contribution in [1.29, 1.82) is 0 Å². The second-order valence-corrected chi connectivity index (χ2v) is 54.0. The van der Waals surface area contributed by atoms with E-state index >= 15 is 0 Å². The summed E-state index contributed by atoms with van der Waals surface area (Å²) in [5, 5.41) is -1.43. The Bertz CT molecular complexity index is 2940. The Labute approximate surface area is 508 Å². The summed E-state index contributed by atoms with van der Waals surface area (Å²) in [6.45, 7) is 57.8. The smallest absolute Gasteiger partial charge is 0.350 e. The second-order valence-electron chi connectivity index (χ2n) is 27.4. The van der Waals surface area contributed by atoms with Crippen molar-refractivity contribution in [2.45, 2.75) is 204 Å². The third kappa shape index (κ3) is 18.4. The summed E-state index contributed by atoms with van der Waals surface area (Å²) in [7, 11) is -17.9. The third-order valence-electron chi connectivity index (χ3n) is 17.5. The molecule has 14 nitrogen and oxygen atoms in total. The topological polar surface area (TPSA) is 164 Å². The predicted octanol–water partition coefficient (Wildman–Crippen LogP) is 14.3. The minimum Gasteiger partial charge on any atom is -0.462 e. The van der Waals surface area contributed by atoms with Crippen LogP contribution >= 0.6 is 0 Å². The fourth-order valence-corrected chi connectivity index (χ4v) is 27.3. The molecule has 0 aliphatic carbocycles. The number of ether oxygens (including phenoxy) is 2. The number of carbonyl (C=O) groups excluding carboxylic acids is 2. The van der Waals surface area contributed by atoms with E-state index in [1.54, 1.807) is 68.7 Å². The molecule has 0 aromatic heterocycles. The van der Waals surface area contributed by atoms with Crippen LogP contribution in [0.25, 0.3) is 0 Å². The quantitative estimate of drug-likeness (QED) is 0.0294. The number of carbonyl (C=O) groups is 2. The zero-order valence-corrected chi connectivity index (χ0v) is 62.2. The first-order chi connectivity index (χ1) is 37.4. The van der Waals surface area contributed by atoms with Crippen LogP contribution in [-0.4, -0.2) is 142 Å². The fraction of sp³-hybridized carbons (Fsp3) is 0.581. The molecule has 0 aliphatic heterocycles. The van der Waals surface area contributed by atoms with Gasteiger partial charge in [-0.25, -0.2) is 26.4 Å². The highest BCUT2D eigenvalue weighted by molar-refractivity contribution is 7.96. The van der Waals surface area contributed by atoms with E-state index in [1.165, 1.54) is 42.5 Å². The van der Waals surface area contributed by atoms with Crippen LogP contribution < -0.4 is 0 Å². The van der Waals surface area contributed by atoms with Gasteiger partial charge in [0.15, 0.2) is 26.4 Å². The first kappa shape index (κ1) is 75.3. The zero-order valence-electron chi connectivity index (χ0n) is 55.5. The van der Waals surface area contributed by atoms with Gasteiger partial charge in [-0.15, -0.1) is 0 Å². The molecule has 0 bridgehead atoms. The predicted molar refractivity (Wildman–Crippen MR) is 355 cm³/mol. The Morgan fingerprint density at radius 2 is 0.952 bits per heavy atom. The van der Waals surface area contributed by atoms with Crippen molar-refractivity contribution in [1.82, 2.24) is 9.80 Å². The summed E-state index contributed by atoms with van der Waals surface area (Å²) in [6.07, 6.45) is 11.1. The molecular weight excluding hydrogens is 1170 g/mol. The Kier molecular flexibility index (Phi) is 25.4. The number of sulfone groups is 2. The molecule has 0 saturated carbocycles. The molecule has 468 valence electrons. The molecule has 0 saturated heterocycles. The Balaban J connectivity index is 2.90. The van der Waals surface area contributed by atoms with Gasteiger partial charge in [0.2, 0.25) is 36.3 Å². The van der Waals surface area contributed by atoms with Gasteiger partial charge in [-0.05, 0) is 181 Å². The van der Waals surface area contributed by atoms with Crippen LogP contribution in [-0.2, 0) is 56.4 Å². The highest BCUT2D eigenvalue weighted by Gasteiger charge is 2.64. The van der Waals surface area contributed by atoms with E-state index in [1.807, 2.05) is 23.9 Å². The molecule has 0 spiro atoms. The maximum Gasteiger partial charge on any atom is 0.350 e. The lowest BCUT2D eigenvalue weighted by Gasteiger charge is -2.61. The summed E-state index contributed by atoms with van der Waals surface area (Å²) in [4.78, 5) is 29.1. The Hall–Kier alpha value is -3.76. The van der Waals surface area contributed by atoms with Crippen molar-refractivity contribution >= 4 is 73.0 Å². The number of allylic oxidation sites excluding steroid dienone is 4. The lowest BCUT2D eigenvalue weighted by atomic mass is 9.93. The molecule has 2 unspecified atom stereocenters. The van der Waals surface area contributed by atoms with E-state index in [9.17, 15) is 26.4 Å². The monoisotopic (exact) mass is 1270 g/mol. The van der Waals surface area contributed by atoms with Crippen LogP contribution in [0.1, 0.15) is 96.9 Å². The SMILES string of the molecule is C=C(CN(C)/C=C/C=C(/C(=O)OCC)S(=O)(=O)c1ccccc1)[Si](C)(OC(C)(C)C(C)(C)[Si](C)(C)OC(C)(C)[Si](C)(C)C)C(C)(C)C(C)(C)O[Si](C)(/C=C/CN(C)/C=C/C=C(\C(=O)OCC)S(=O)(=O)c1ccccc1)C(C)(C)O[Si](C)(C)C. The Morgan fingerprint density at radius 3 is 1.34 bits per heavy atom. The number of hydrogen-bond acceptors (Lipinski definition) is 14. The third-order valence-corrected chi connectivity index (χ3v) is 40.6. The summed E-state index contributed by atoms with van der Waals surface area (Å²) in [6, 6.07) is 15.6. The highest BCUT2D eigenvalue weighted by Crippen LogP contribution is 2.59. The fourth-order valence-electron chi connectivity index (χ4n) is 9.34. The van der Waals surface area contributed by atoms with Gasteiger partial charge in [-0.2, -0.15) is 0 Å². The van der Waals surface area contributed by atoms with E-state index in [-0.39, 0.29) is 28.2 Å². The maximum atomic E-state index is 13.8. The summed E-state index contributed by atoms with van der Waals surface area (Å²) in [5.74, 6) is -1.88. The molecule has 2 atom stereocenters. The van der Waals surface area contributed by atoms with Crippen molar-refractivity contribution in [3.05, 3.63) is 131 Å². The van der Waals surface area contributed by atoms with Crippen LogP contribution in [0.4, 0.5) is 0 Å². The highest BCUT2D eigenvalue weighted by atomic mass is 32.2. The van der Waals surface area contributed by atoms with Gasteiger partial charge in [0.1, 0.15) is 0 Å². The van der Waals surface area contributed by atoms with Crippen molar-refractivity contribution < 1.29 is 53.6 Å². The van der Waals surface area contributed by atoms with Crippen LogP contribution in [0.2, 0.25) is 75.5 Å². The minimum absolute atomic E-state index is 0.000769. The molecule has 0 radical (unpaired) electrons. The van der Waals surface area contributed by atoms with Crippen molar-refractivity contribution in [2.24, 2.45) is 0 Å². The van der Waals surface area contributed by atoms with Crippen molar-refractivity contribution in [3.63, 3.8) is 0 Å². The minimum atomic E-state index is -4.22. The second kappa shape index (κ2) is 27.9. The number of nitrogens with zero attached hydrogens (tertiary/aromatic N) is 2.